The van der Waals surface area contributed by atoms with Gasteiger partial charge in [0.15, 0.2) is 12.2 Å². The zero-order valence-electron chi connectivity index (χ0n) is 67.1. The van der Waals surface area contributed by atoms with E-state index in [4.69, 9.17) is 37.0 Å². The van der Waals surface area contributed by atoms with Crippen LogP contribution in [0.1, 0.15) is 246 Å². The van der Waals surface area contributed by atoms with Crippen molar-refractivity contribution in [2.75, 3.05) is 39.6 Å². The van der Waals surface area contributed by atoms with Crippen LogP contribution in [0.25, 0.3) is 0 Å². The molecule has 19 heteroatoms. The lowest BCUT2D eigenvalue weighted by molar-refractivity contribution is -0.161. The molecule has 0 bridgehead atoms. The molecule has 0 aromatic carbocycles. The van der Waals surface area contributed by atoms with Gasteiger partial charge in [0.25, 0.3) is 0 Å². The highest BCUT2D eigenvalue weighted by Crippen LogP contribution is 2.45. The molecule has 0 heterocycles. The summed E-state index contributed by atoms with van der Waals surface area (Å²) in [7, 11) is -10.1. The highest BCUT2D eigenvalue weighted by Gasteiger charge is 2.30. The molecular formula is C91H138O17P2. The number of hydrogen-bond acceptors (Lipinski definition) is 15. The monoisotopic (exact) mass is 1560 g/mol. The number of phosphoric ester groups is 2. The van der Waals surface area contributed by atoms with E-state index in [9.17, 15) is 43.2 Å². The first-order valence-electron chi connectivity index (χ1n) is 40.3. The maximum atomic E-state index is 13.1. The van der Waals surface area contributed by atoms with Crippen molar-refractivity contribution in [1.29, 1.82) is 0 Å². The Balaban J connectivity index is 5.60. The van der Waals surface area contributed by atoms with Gasteiger partial charge in [-0.15, -0.1) is 0 Å². The number of rotatable bonds is 72. The van der Waals surface area contributed by atoms with Gasteiger partial charge in [-0.2, -0.15) is 0 Å². The van der Waals surface area contributed by atoms with E-state index >= 15 is 0 Å². The summed E-state index contributed by atoms with van der Waals surface area (Å²) < 4.78 is 68.4. The van der Waals surface area contributed by atoms with Crippen molar-refractivity contribution in [3.8, 4) is 0 Å². The normalized spacial score (nSPS) is 15.1. The second-order valence-electron chi connectivity index (χ2n) is 25.5. The summed E-state index contributed by atoms with van der Waals surface area (Å²) in [5.74, 6) is -2.50. The highest BCUT2D eigenvalue weighted by molar-refractivity contribution is 7.47. The van der Waals surface area contributed by atoms with Gasteiger partial charge in [-0.25, -0.2) is 9.13 Å². The van der Waals surface area contributed by atoms with Crippen molar-refractivity contribution in [3.63, 3.8) is 0 Å². The predicted molar refractivity (Wildman–Crippen MR) is 454 cm³/mol. The molecule has 0 amide bonds. The summed E-state index contributed by atoms with van der Waals surface area (Å²) in [5.41, 5.74) is 0. The third-order valence-electron chi connectivity index (χ3n) is 15.3. The maximum absolute atomic E-state index is 13.1. The lowest BCUT2D eigenvalue weighted by Crippen LogP contribution is -2.30. The minimum Gasteiger partial charge on any atom is -0.462 e. The molecule has 0 spiro atoms. The summed E-state index contributed by atoms with van der Waals surface area (Å²) in [6.07, 6.45) is 105. The molecule has 0 aliphatic rings. The van der Waals surface area contributed by atoms with E-state index in [0.29, 0.717) is 32.1 Å². The third-order valence-corrected chi connectivity index (χ3v) is 17.2. The van der Waals surface area contributed by atoms with Gasteiger partial charge in [-0.05, 0) is 180 Å². The van der Waals surface area contributed by atoms with Crippen molar-refractivity contribution in [2.24, 2.45) is 0 Å². The number of carbonyl (C=O) groups is 4. The molecule has 0 aromatic rings. The number of ether oxygens (including phenoxy) is 4. The zero-order chi connectivity index (χ0) is 80.3. The van der Waals surface area contributed by atoms with Crippen LogP contribution in [0.3, 0.4) is 0 Å². The molecule has 110 heavy (non-hydrogen) atoms. The summed E-state index contributed by atoms with van der Waals surface area (Å²) in [6, 6.07) is 0. The van der Waals surface area contributed by atoms with Crippen molar-refractivity contribution in [1.82, 2.24) is 0 Å². The van der Waals surface area contributed by atoms with Gasteiger partial charge in [0.2, 0.25) is 0 Å². The predicted octanol–water partition coefficient (Wildman–Crippen LogP) is 24.0. The van der Waals surface area contributed by atoms with E-state index in [1.807, 2.05) is 24.3 Å². The molecule has 0 saturated heterocycles. The van der Waals surface area contributed by atoms with Crippen LogP contribution in [-0.2, 0) is 65.4 Å². The molecule has 3 N–H and O–H groups in total. The fraction of sp³-hybridized carbons (Fsp3) is 0.516. The van der Waals surface area contributed by atoms with E-state index in [1.54, 1.807) is 12.2 Å². The minimum absolute atomic E-state index is 0.0322. The Morgan fingerprint density at radius 3 is 0.782 bits per heavy atom. The first-order valence-corrected chi connectivity index (χ1v) is 43.3. The van der Waals surface area contributed by atoms with Gasteiger partial charge in [0.05, 0.1) is 32.8 Å². The van der Waals surface area contributed by atoms with E-state index < -0.39 is 97.5 Å². The van der Waals surface area contributed by atoms with Crippen LogP contribution in [-0.4, -0.2) is 96.7 Å². The molecule has 0 radical (unpaired) electrons. The van der Waals surface area contributed by atoms with Crippen molar-refractivity contribution >= 4 is 39.5 Å². The van der Waals surface area contributed by atoms with Gasteiger partial charge >= 0.3 is 39.5 Å². The molecule has 0 aromatic heterocycles. The van der Waals surface area contributed by atoms with E-state index in [1.165, 1.54) is 0 Å². The molecule has 0 saturated carbocycles. The Morgan fingerprint density at radius 2 is 0.491 bits per heavy atom. The largest absolute Gasteiger partial charge is 0.472 e. The molecule has 5 atom stereocenters. The number of allylic oxidation sites excluding steroid dienone is 39. The average molecular weight is 1570 g/mol. The van der Waals surface area contributed by atoms with Crippen LogP contribution in [0.4, 0.5) is 0 Å². The molecule has 0 rings (SSSR count). The average Bonchev–Trinajstić information content (AvgIpc) is 0.900. The summed E-state index contributed by atoms with van der Waals surface area (Å²) in [6.45, 7) is 4.10. The Kier molecular flexibility index (Phi) is 74.7. The molecule has 5 unspecified atom stereocenters. The summed E-state index contributed by atoms with van der Waals surface area (Å²) in [4.78, 5) is 73.0. The van der Waals surface area contributed by atoms with Crippen LogP contribution in [0.5, 0.6) is 0 Å². The second-order valence-corrected chi connectivity index (χ2v) is 28.4. The first kappa shape index (κ1) is 103. The number of unbranched alkanes of at least 4 members (excludes halogenated alkanes) is 7. The number of carbonyl (C=O) groups excluding carboxylic acids is 4. The Bertz CT molecular complexity index is 3050. The standard InChI is InChI=1S/C91H138O17P2/c1-5-9-13-17-21-25-29-33-37-40-42-45-49-52-56-60-64-68-72-76-89(94)102-82-87(108-91(96)78-74-70-66-62-58-54-50-46-43-41-38-34-30-26-22-18-14-10-6-2)84-106-110(99,100)104-80-85(92)79-103-109(97,98)105-83-86(107-90(95)77-73-69-65-61-57-53-47-36-32-28-24-20-16-12-8-4)81-101-88(93)75-71-67-63-59-55-51-48-44-39-35-31-27-23-19-15-11-7-3/h9-16,21-28,33-39,42-43,45-48,51-52,54,56-59,61,63,69,73,85-87,92H,5-8,17-20,29-32,40-41,44,49-50,53,55,60,62,64-68,70-72,74-84H2,1-4H3,(H,97,98)(H,99,100)/b13-9-,14-10-,15-11-,16-12-,25-21-,26-22-,27-23-,28-24-,37-33-,38-34-,39-35-,45-42-,46-43-,47-36-,51-48-,56-52-,58-54-,61-57-,63-59-,73-69-. The number of hydrogen-bond donors (Lipinski definition) is 3. The van der Waals surface area contributed by atoms with Crippen molar-refractivity contribution in [2.45, 2.75) is 264 Å². The first-order chi connectivity index (χ1) is 53.7. The van der Waals surface area contributed by atoms with Crippen LogP contribution >= 0.6 is 15.6 Å². The molecule has 0 aliphatic carbocycles. The van der Waals surface area contributed by atoms with Crippen LogP contribution in [0, 0.1) is 0 Å². The number of phosphoric acid groups is 2. The number of aliphatic hydroxyl groups is 1. The topological polar surface area (TPSA) is 237 Å². The van der Waals surface area contributed by atoms with Gasteiger partial charge < -0.3 is 33.8 Å². The summed E-state index contributed by atoms with van der Waals surface area (Å²) in [5, 5.41) is 10.7. The lowest BCUT2D eigenvalue weighted by atomic mass is 10.1. The Hall–Kier alpha value is -7.14. The van der Waals surface area contributed by atoms with E-state index in [0.717, 1.165) is 161 Å². The molecule has 0 fully saturated rings. The molecule has 0 aliphatic heterocycles. The van der Waals surface area contributed by atoms with Gasteiger partial charge in [-0.3, -0.25) is 37.3 Å². The number of esters is 4. The zero-order valence-corrected chi connectivity index (χ0v) is 68.9. The fourth-order valence-corrected chi connectivity index (χ4v) is 11.0. The number of aliphatic hydroxyl groups excluding tert-OH is 1. The highest BCUT2D eigenvalue weighted by atomic mass is 31.2. The van der Waals surface area contributed by atoms with Crippen molar-refractivity contribution in [3.05, 3.63) is 243 Å². The SMILES string of the molecule is CC/C=C\C/C=C\C/C=C\C/C=C\C/C=C\CCCCCC(=O)OCC(COP(=O)(O)OCC(O)COP(=O)(O)OCC(COC(=O)CCC/C=C\C/C=C\C/C=C\C/C=C\C/C=C\CC)OC(=O)C/C=C\C/C=C\C/C=C\C/C=C\C/C=C\CC)OC(=O)CCCCC/C=C\C/C=C\C/C=C\C/C=C\C/C=C\CC. The third kappa shape index (κ3) is 79.0. The van der Waals surface area contributed by atoms with Gasteiger partial charge in [0.1, 0.15) is 19.3 Å². The van der Waals surface area contributed by atoms with Crippen LogP contribution < -0.4 is 0 Å². The van der Waals surface area contributed by atoms with Gasteiger partial charge in [-0.1, -0.05) is 284 Å². The van der Waals surface area contributed by atoms with Crippen molar-refractivity contribution < 1.29 is 80.2 Å². The molecule has 17 nitrogen and oxygen atoms in total. The molecule has 614 valence electrons. The smallest absolute Gasteiger partial charge is 0.462 e. The van der Waals surface area contributed by atoms with Crippen LogP contribution in [0.2, 0.25) is 0 Å². The van der Waals surface area contributed by atoms with Crippen LogP contribution in [0.15, 0.2) is 243 Å². The van der Waals surface area contributed by atoms with E-state index in [2.05, 4.69) is 234 Å². The Labute approximate surface area is 663 Å². The second kappa shape index (κ2) is 79.9. The lowest BCUT2D eigenvalue weighted by Gasteiger charge is -2.21. The maximum Gasteiger partial charge on any atom is 0.472 e. The minimum atomic E-state index is -5.04. The summed E-state index contributed by atoms with van der Waals surface area (Å²) >= 11 is 0. The van der Waals surface area contributed by atoms with Gasteiger partial charge in [0, 0.05) is 19.3 Å². The fourth-order valence-electron chi connectivity index (χ4n) is 9.38. The molecular weight excluding hydrogens is 1430 g/mol. The quantitative estimate of drug-likeness (QED) is 0.0169. The Morgan fingerprint density at radius 1 is 0.264 bits per heavy atom. The van der Waals surface area contributed by atoms with E-state index in [-0.39, 0.29) is 25.7 Å².